The normalized spacial score (nSPS) is 10.2. The number of hydrogen-bond donors (Lipinski definition) is 1. The lowest BCUT2D eigenvalue weighted by Gasteiger charge is -2.04. The smallest absolute Gasteiger partial charge is 0.136 e. The van der Waals surface area contributed by atoms with Gasteiger partial charge in [0.1, 0.15) is 22.5 Å². The molecular formula is C14H15N3OS. The molecule has 0 spiro atoms. The Labute approximate surface area is 116 Å². The Morgan fingerprint density at radius 1 is 1.47 bits per heavy atom. The Morgan fingerprint density at radius 2 is 2.26 bits per heavy atom. The number of methoxy groups -OCH3 is 1. The summed E-state index contributed by atoms with van der Waals surface area (Å²) in [6.45, 7) is 2.11. The van der Waals surface area contributed by atoms with Gasteiger partial charge in [0.2, 0.25) is 0 Å². The third-order valence-corrected chi connectivity index (χ3v) is 3.70. The van der Waals surface area contributed by atoms with Gasteiger partial charge >= 0.3 is 0 Å². The number of nitrogen functional groups attached to an aromatic ring is 1. The number of hydrogen-bond acceptors (Lipinski definition) is 5. The molecule has 98 valence electrons. The lowest BCUT2D eigenvalue weighted by atomic mass is 10.1. The number of nitrogens with two attached hydrogens (primary N) is 1. The number of nitrogens with zero attached hydrogens (tertiary/aromatic N) is 2. The number of benzene rings is 1. The van der Waals surface area contributed by atoms with E-state index in [4.69, 9.17) is 15.7 Å². The predicted molar refractivity (Wildman–Crippen MR) is 77.2 cm³/mol. The summed E-state index contributed by atoms with van der Waals surface area (Å²) in [5.41, 5.74) is 8.11. The van der Waals surface area contributed by atoms with Crippen LogP contribution in [0, 0.1) is 11.3 Å². The van der Waals surface area contributed by atoms with Crippen molar-refractivity contribution in [3.8, 4) is 23.1 Å². The van der Waals surface area contributed by atoms with Gasteiger partial charge in [-0.25, -0.2) is 4.98 Å². The summed E-state index contributed by atoms with van der Waals surface area (Å²) in [6.07, 6.45) is 1.97. The van der Waals surface area contributed by atoms with Crippen molar-refractivity contribution in [3.05, 3.63) is 28.8 Å². The molecule has 0 bridgehead atoms. The van der Waals surface area contributed by atoms with Crippen molar-refractivity contribution in [2.45, 2.75) is 19.8 Å². The molecule has 2 rings (SSSR count). The van der Waals surface area contributed by atoms with E-state index < -0.39 is 0 Å². The maximum atomic E-state index is 9.10. The van der Waals surface area contributed by atoms with E-state index in [-0.39, 0.29) is 0 Å². The highest BCUT2D eigenvalue weighted by Gasteiger charge is 2.12. The summed E-state index contributed by atoms with van der Waals surface area (Å²) in [5.74, 6) is 0.564. The topological polar surface area (TPSA) is 71.9 Å². The molecule has 0 saturated carbocycles. The second-order valence-electron chi connectivity index (χ2n) is 4.10. The van der Waals surface area contributed by atoms with Gasteiger partial charge in [0.05, 0.1) is 17.7 Å². The zero-order valence-corrected chi connectivity index (χ0v) is 11.8. The van der Waals surface area contributed by atoms with E-state index >= 15 is 0 Å². The summed E-state index contributed by atoms with van der Waals surface area (Å²) in [4.78, 5) is 4.54. The van der Waals surface area contributed by atoms with Crippen LogP contribution in [0.25, 0.3) is 11.3 Å². The van der Waals surface area contributed by atoms with Gasteiger partial charge < -0.3 is 10.5 Å². The molecule has 2 aromatic rings. The van der Waals surface area contributed by atoms with Crippen LogP contribution in [0.3, 0.4) is 0 Å². The van der Waals surface area contributed by atoms with Crippen LogP contribution in [-0.2, 0) is 6.42 Å². The molecule has 0 aliphatic heterocycles. The lowest BCUT2D eigenvalue weighted by molar-refractivity contribution is 0.413. The molecule has 0 unspecified atom stereocenters. The SMILES string of the molecule is CCCc1nc(-c2ccc(OC)c(C#N)c2)c(N)s1. The van der Waals surface area contributed by atoms with Gasteiger partial charge in [-0.05, 0) is 31.0 Å². The molecule has 4 nitrogen and oxygen atoms in total. The first-order valence-electron chi connectivity index (χ1n) is 6.03. The molecule has 0 aliphatic carbocycles. The standard InChI is InChI=1S/C14H15N3OS/c1-3-4-12-17-13(14(16)19-12)9-5-6-11(18-2)10(7-9)8-15/h5-7H,3-4,16H2,1-2H3. The highest BCUT2D eigenvalue weighted by Crippen LogP contribution is 2.33. The Bertz CT molecular complexity index is 628. The van der Waals surface area contributed by atoms with E-state index in [1.165, 1.54) is 11.3 Å². The first-order chi connectivity index (χ1) is 9.19. The number of anilines is 1. The maximum absolute atomic E-state index is 9.10. The Balaban J connectivity index is 2.44. The maximum Gasteiger partial charge on any atom is 0.136 e. The predicted octanol–water partition coefficient (Wildman–Crippen LogP) is 3.23. The fourth-order valence-electron chi connectivity index (χ4n) is 1.85. The first-order valence-corrected chi connectivity index (χ1v) is 6.85. The largest absolute Gasteiger partial charge is 0.495 e. The zero-order valence-electron chi connectivity index (χ0n) is 10.9. The van der Waals surface area contributed by atoms with E-state index in [0.717, 1.165) is 29.1 Å². The van der Waals surface area contributed by atoms with Crippen molar-refractivity contribution < 1.29 is 4.74 Å². The molecule has 2 N–H and O–H groups in total. The second kappa shape index (κ2) is 5.72. The number of rotatable bonds is 4. The molecular weight excluding hydrogens is 258 g/mol. The van der Waals surface area contributed by atoms with Crippen LogP contribution in [0.5, 0.6) is 5.75 Å². The summed E-state index contributed by atoms with van der Waals surface area (Å²) in [7, 11) is 1.55. The Morgan fingerprint density at radius 3 is 2.89 bits per heavy atom. The number of aromatic nitrogens is 1. The average Bonchev–Trinajstić information content (AvgIpc) is 2.79. The molecule has 0 amide bonds. The highest BCUT2D eigenvalue weighted by atomic mass is 32.1. The number of ether oxygens (including phenoxy) is 1. The van der Waals surface area contributed by atoms with Crippen molar-refractivity contribution in [3.63, 3.8) is 0 Å². The molecule has 1 heterocycles. The quantitative estimate of drug-likeness (QED) is 0.928. The third-order valence-electron chi connectivity index (χ3n) is 2.75. The van der Waals surface area contributed by atoms with Crippen LogP contribution < -0.4 is 10.5 Å². The Kier molecular flexibility index (Phi) is 4.03. The van der Waals surface area contributed by atoms with Crippen molar-refractivity contribution in [2.24, 2.45) is 0 Å². The minimum absolute atomic E-state index is 0.490. The van der Waals surface area contributed by atoms with E-state index in [1.54, 1.807) is 19.2 Å². The van der Waals surface area contributed by atoms with E-state index in [2.05, 4.69) is 18.0 Å². The van der Waals surface area contributed by atoms with Crippen LogP contribution in [0.1, 0.15) is 23.9 Å². The minimum Gasteiger partial charge on any atom is -0.495 e. The van der Waals surface area contributed by atoms with Gasteiger partial charge in [-0.2, -0.15) is 5.26 Å². The summed E-state index contributed by atoms with van der Waals surface area (Å²) in [5, 5.41) is 10.8. The summed E-state index contributed by atoms with van der Waals surface area (Å²) >= 11 is 1.51. The van der Waals surface area contributed by atoms with Crippen LogP contribution >= 0.6 is 11.3 Å². The minimum atomic E-state index is 0.490. The van der Waals surface area contributed by atoms with E-state index in [1.807, 2.05) is 6.07 Å². The van der Waals surface area contributed by atoms with Crippen LogP contribution in [0.4, 0.5) is 5.00 Å². The molecule has 0 radical (unpaired) electrons. The molecule has 5 heteroatoms. The van der Waals surface area contributed by atoms with Gasteiger partial charge in [0.15, 0.2) is 0 Å². The fraction of sp³-hybridized carbons (Fsp3) is 0.286. The number of thiazole rings is 1. The molecule has 1 aromatic carbocycles. The van der Waals surface area contributed by atoms with Gasteiger partial charge in [0.25, 0.3) is 0 Å². The summed E-state index contributed by atoms with van der Waals surface area (Å²) in [6, 6.07) is 7.53. The van der Waals surface area contributed by atoms with Gasteiger partial charge in [0, 0.05) is 5.56 Å². The fourth-order valence-corrected chi connectivity index (χ4v) is 2.81. The average molecular weight is 273 g/mol. The van der Waals surface area contributed by atoms with Gasteiger partial charge in [-0.1, -0.05) is 6.92 Å². The number of aryl methyl sites for hydroxylation is 1. The van der Waals surface area contributed by atoms with Crippen molar-refractivity contribution in [2.75, 3.05) is 12.8 Å². The third kappa shape index (κ3) is 2.69. The van der Waals surface area contributed by atoms with E-state index in [9.17, 15) is 0 Å². The Hall–Kier alpha value is -2.06. The van der Waals surface area contributed by atoms with Crippen molar-refractivity contribution >= 4 is 16.3 Å². The molecule has 1 aromatic heterocycles. The summed E-state index contributed by atoms with van der Waals surface area (Å²) < 4.78 is 5.13. The second-order valence-corrected chi connectivity index (χ2v) is 5.21. The van der Waals surface area contributed by atoms with Crippen LogP contribution in [0.2, 0.25) is 0 Å². The van der Waals surface area contributed by atoms with Crippen LogP contribution in [-0.4, -0.2) is 12.1 Å². The molecule has 0 fully saturated rings. The number of nitriles is 1. The van der Waals surface area contributed by atoms with Gasteiger partial charge in [-0.3, -0.25) is 0 Å². The van der Waals surface area contributed by atoms with E-state index in [0.29, 0.717) is 16.3 Å². The van der Waals surface area contributed by atoms with Gasteiger partial charge in [-0.15, -0.1) is 11.3 Å². The molecule has 0 saturated heterocycles. The zero-order chi connectivity index (χ0) is 13.8. The lowest BCUT2D eigenvalue weighted by Crippen LogP contribution is -1.91. The highest BCUT2D eigenvalue weighted by molar-refractivity contribution is 7.16. The molecule has 0 aliphatic rings. The van der Waals surface area contributed by atoms with Crippen molar-refractivity contribution in [1.82, 2.24) is 4.98 Å². The van der Waals surface area contributed by atoms with Crippen molar-refractivity contribution in [1.29, 1.82) is 5.26 Å². The first kappa shape index (κ1) is 13.4. The molecule has 0 atom stereocenters. The molecule has 19 heavy (non-hydrogen) atoms. The monoisotopic (exact) mass is 273 g/mol. The van der Waals surface area contributed by atoms with Crippen LogP contribution in [0.15, 0.2) is 18.2 Å².